The standard InChI is InChI=1S/C21H21N3O2/c1-14-8-9-16(12-15(14)2)24-21(25)19-11-10-17(13-22-19)23-18-6-4-5-7-20(18)26-3/h4-13,23H,1-3H3,(H,24,25). The number of nitrogens with one attached hydrogen (secondary N) is 2. The van der Waals surface area contributed by atoms with Gasteiger partial charge < -0.3 is 15.4 Å². The Kier molecular flexibility index (Phi) is 5.17. The summed E-state index contributed by atoms with van der Waals surface area (Å²) < 4.78 is 5.32. The smallest absolute Gasteiger partial charge is 0.274 e. The van der Waals surface area contributed by atoms with Crippen LogP contribution in [0, 0.1) is 13.8 Å². The minimum atomic E-state index is -0.239. The molecule has 0 bridgehead atoms. The molecule has 1 heterocycles. The van der Waals surface area contributed by atoms with Gasteiger partial charge in [0.05, 0.1) is 24.7 Å². The second-order valence-electron chi connectivity index (χ2n) is 6.01. The molecular weight excluding hydrogens is 326 g/mol. The minimum absolute atomic E-state index is 0.239. The van der Waals surface area contributed by atoms with Gasteiger partial charge in [0.2, 0.25) is 0 Å². The Labute approximate surface area is 153 Å². The van der Waals surface area contributed by atoms with Crippen LogP contribution in [0.1, 0.15) is 21.6 Å². The van der Waals surface area contributed by atoms with E-state index in [9.17, 15) is 4.79 Å². The molecule has 3 rings (SSSR count). The van der Waals surface area contributed by atoms with E-state index in [4.69, 9.17) is 4.74 Å². The number of para-hydroxylation sites is 2. The molecule has 26 heavy (non-hydrogen) atoms. The normalized spacial score (nSPS) is 10.3. The Morgan fingerprint density at radius 2 is 1.73 bits per heavy atom. The molecule has 5 heteroatoms. The van der Waals surface area contributed by atoms with Crippen molar-refractivity contribution in [3.05, 3.63) is 77.6 Å². The predicted molar refractivity (Wildman–Crippen MR) is 104 cm³/mol. The zero-order valence-electron chi connectivity index (χ0n) is 15.0. The van der Waals surface area contributed by atoms with Crippen LogP contribution in [-0.4, -0.2) is 18.0 Å². The quantitative estimate of drug-likeness (QED) is 0.702. The van der Waals surface area contributed by atoms with Gasteiger partial charge in [0.1, 0.15) is 11.4 Å². The van der Waals surface area contributed by atoms with E-state index in [0.29, 0.717) is 5.69 Å². The molecule has 0 unspecified atom stereocenters. The average molecular weight is 347 g/mol. The lowest BCUT2D eigenvalue weighted by atomic mass is 10.1. The van der Waals surface area contributed by atoms with E-state index in [-0.39, 0.29) is 5.91 Å². The number of rotatable bonds is 5. The van der Waals surface area contributed by atoms with E-state index in [2.05, 4.69) is 15.6 Å². The molecule has 5 nitrogen and oxygen atoms in total. The fraction of sp³-hybridized carbons (Fsp3) is 0.143. The number of hydrogen-bond donors (Lipinski definition) is 2. The van der Waals surface area contributed by atoms with E-state index in [1.807, 2.05) is 62.4 Å². The van der Waals surface area contributed by atoms with E-state index >= 15 is 0 Å². The van der Waals surface area contributed by atoms with Gasteiger partial charge in [0, 0.05) is 5.69 Å². The first-order chi connectivity index (χ1) is 12.6. The van der Waals surface area contributed by atoms with Gasteiger partial charge in [-0.1, -0.05) is 18.2 Å². The number of carbonyl (C=O) groups is 1. The number of amides is 1. The first-order valence-electron chi connectivity index (χ1n) is 8.31. The summed E-state index contributed by atoms with van der Waals surface area (Å²) >= 11 is 0. The van der Waals surface area contributed by atoms with Crippen LogP contribution in [0.5, 0.6) is 5.75 Å². The summed E-state index contributed by atoms with van der Waals surface area (Å²) in [4.78, 5) is 16.6. The maximum Gasteiger partial charge on any atom is 0.274 e. The molecule has 3 aromatic rings. The largest absolute Gasteiger partial charge is 0.495 e. The van der Waals surface area contributed by atoms with Gasteiger partial charge in [-0.05, 0) is 61.4 Å². The van der Waals surface area contributed by atoms with Crippen LogP contribution in [0.4, 0.5) is 17.1 Å². The van der Waals surface area contributed by atoms with E-state index in [1.165, 1.54) is 5.56 Å². The summed E-state index contributed by atoms with van der Waals surface area (Å²) in [5.41, 5.74) is 5.05. The van der Waals surface area contributed by atoms with Crippen LogP contribution >= 0.6 is 0 Å². The van der Waals surface area contributed by atoms with E-state index in [1.54, 1.807) is 19.4 Å². The van der Waals surface area contributed by atoms with Gasteiger partial charge in [0.15, 0.2) is 0 Å². The number of ether oxygens (including phenoxy) is 1. The number of carbonyl (C=O) groups excluding carboxylic acids is 1. The molecule has 0 spiro atoms. The molecule has 0 aliphatic heterocycles. The lowest BCUT2D eigenvalue weighted by molar-refractivity contribution is 0.102. The average Bonchev–Trinajstić information content (AvgIpc) is 2.66. The monoisotopic (exact) mass is 347 g/mol. The summed E-state index contributed by atoms with van der Waals surface area (Å²) in [6.07, 6.45) is 1.63. The third-order valence-electron chi connectivity index (χ3n) is 4.15. The molecule has 2 aromatic carbocycles. The van der Waals surface area contributed by atoms with Crippen LogP contribution in [0.2, 0.25) is 0 Å². The molecule has 0 saturated carbocycles. The van der Waals surface area contributed by atoms with Crippen LogP contribution in [0.25, 0.3) is 0 Å². The van der Waals surface area contributed by atoms with Crippen LogP contribution in [-0.2, 0) is 0 Å². The van der Waals surface area contributed by atoms with Gasteiger partial charge in [-0.3, -0.25) is 4.79 Å². The maximum absolute atomic E-state index is 12.4. The number of nitrogens with zero attached hydrogens (tertiary/aromatic N) is 1. The molecule has 1 aromatic heterocycles. The Hall–Kier alpha value is -3.34. The Bertz CT molecular complexity index is 921. The third-order valence-corrected chi connectivity index (χ3v) is 4.15. The molecule has 0 fully saturated rings. The second-order valence-corrected chi connectivity index (χ2v) is 6.01. The summed E-state index contributed by atoms with van der Waals surface area (Å²) in [7, 11) is 1.62. The van der Waals surface area contributed by atoms with Crippen molar-refractivity contribution < 1.29 is 9.53 Å². The molecule has 0 saturated heterocycles. The molecule has 0 aliphatic carbocycles. The lowest BCUT2D eigenvalue weighted by Gasteiger charge is -2.11. The molecule has 0 aliphatic rings. The number of benzene rings is 2. The number of anilines is 3. The SMILES string of the molecule is COc1ccccc1Nc1ccc(C(=O)Nc2ccc(C)c(C)c2)nc1. The van der Waals surface area contributed by atoms with Crippen molar-refractivity contribution in [2.45, 2.75) is 13.8 Å². The lowest BCUT2D eigenvalue weighted by Crippen LogP contribution is -2.13. The van der Waals surface area contributed by atoms with E-state index in [0.717, 1.165) is 28.4 Å². The van der Waals surface area contributed by atoms with Gasteiger partial charge in [0.25, 0.3) is 5.91 Å². The number of methoxy groups -OCH3 is 1. The second kappa shape index (κ2) is 7.70. The maximum atomic E-state index is 12.4. The highest BCUT2D eigenvalue weighted by molar-refractivity contribution is 6.03. The molecule has 2 N–H and O–H groups in total. The first kappa shape index (κ1) is 17.5. The summed E-state index contributed by atoms with van der Waals surface area (Å²) in [6, 6.07) is 16.9. The van der Waals surface area contributed by atoms with Crippen molar-refractivity contribution in [1.82, 2.24) is 4.98 Å². The van der Waals surface area contributed by atoms with Crippen molar-refractivity contribution in [2.24, 2.45) is 0 Å². The van der Waals surface area contributed by atoms with Crippen molar-refractivity contribution in [1.29, 1.82) is 0 Å². The fourth-order valence-corrected chi connectivity index (χ4v) is 2.52. The highest BCUT2D eigenvalue weighted by atomic mass is 16.5. The van der Waals surface area contributed by atoms with Crippen LogP contribution in [0.3, 0.4) is 0 Å². The highest BCUT2D eigenvalue weighted by Gasteiger charge is 2.09. The summed E-state index contributed by atoms with van der Waals surface area (Å²) in [6.45, 7) is 4.05. The number of hydrogen-bond acceptors (Lipinski definition) is 4. The number of pyridine rings is 1. The molecule has 1 amide bonds. The van der Waals surface area contributed by atoms with Crippen molar-refractivity contribution in [3.63, 3.8) is 0 Å². The minimum Gasteiger partial charge on any atom is -0.495 e. The zero-order chi connectivity index (χ0) is 18.5. The van der Waals surface area contributed by atoms with Gasteiger partial charge >= 0.3 is 0 Å². The van der Waals surface area contributed by atoms with E-state index < -0.39 is 0 Å². The third kappa shape index (κ3) is 4.00. The topological polar surface area (TPSA) is 63.2 Å². The molecular formula is C21H21N3O2. The number of aryl methyl sites for hydroxylation is 2. The van der Waals surface area contributed by atoms with Gasteiger partial charge in [-0.15, -0.1) is 0 Å². The van der Waals surface area contributed by atoms with Crippen LogP contribution < -0.4 is 15.4 Å². The molecule has 132 valence electrons. The summed E-state index contributed by atoms with van der Waals surface area (Å²) in [5, 5.41) is 6.11. The van der Waals surface area contributed by atoms with Gasteiger partial charge in [-0.2, -0.15) is 0 Å². The number of aromatic nitrogens is 1. The Morgan fingerprint density at radius 1 is 0.962 bits per heavy atom. The molecule has 0 atom stereocenters. The fourth-order valence-electron chi connectivity index (χ4n) is 2.52. The van der Waals surface area contributed by atoms with Crippen molar-refractivity contribution >= 4 is 23.0 Å². The molecule has 0 radical (unpaired) electrons. The first-order valence-corrected chi connectivity index (χ1v) is 8.31. The highest BCUT2D eigenvalue weighted by Crippen LogP contribution is 2.26. The summed E-state index contributed by atoms with van der Waals surface area (Å²) in [5.74, 6) is 0.501. The van der Waals surface area contributed by atoms with Crippen molar-refractivity contribution in [3.8, 4) is 5.75 Å². The van der Waals surface area contributed by atoms with Crippen molar-refractivity contribution in [2.75, 3.05) is 17.7 Å². The Morgan fingerprint density at radius 3 is 2.42 bits per heavy atom. The zero-order valence-corrected chi connectivity index (χ0v) is 15.0. The predicted octanol–water partition coefficient (Wildman–Crippen LogP) is 4.70. The van der Waals surface area contributed by atoms with Crippen LogP contribution in [0.15, 0.2) is 60.8 Å². The van der Waals surface area contributed by atoms with Gasteiger partial charge in [-0.25, -0.2) is 4.98 Å². The Balaban J connectivity index is 1.70.